The van der Waals surface area contributed by atoms with E-state index in [1.807, 2.05) is 0 Å². The van der Waals surface area contributed by atoms with Crippen molar-refractivity contribution in [1.29, 1.82) is 0 Å². The lowest BCUT2D eigenvalue weighted by Crippen LogP contribution is -2.00. The van der Waals surface area contributed by atoms with Gasteiger partial charge in [-0.3, -0.25) is 4.79 Å². The number of carbonyl (C=O) groups excluding carboxylic acids is 1. The average molecular weight is 199 g/mol. The number of thiol groups is 1. The molecule has 0 spiro atoms. The molecule has 0 bridgehead atoms. The highest BCUT2D eigenvalue weighted by Crippen LogP contribution is 1.74. The topological polar surface area (TPSA) is 52.3 Å². The van der Waals surface area contributed by atoms with Gasteiger partial charge in [0.1, 0.15) is 17.6 Å². The summed E-state index contributed by atoms with van der Waals surface area (Å²) in [6.45, 7) is 0.532. The number of alkyl halides is 1. The SMILES string of the molecule is CC(=O)OCCF.NC(=S)S. The van der Waals surface area contributed by atoms with Crippen molar-refractivity contribution in [2.24, 2.45) is 5.73 Å². The maximum absolute atomic E-state index is 11.1. The van der Waals surface area contributed by atoms with E-state index in [9.17, 15) is 9.18 Å². The molecule has 0 atom stereocenters. The molecule has 0 rings (SSSR count). The number of hydrogen-bond acceptors (Lipinski definition) is 3. The molecule has 0 aliphatic heterocycles. The van der Waals surface area contributed by atoms with Crippen LogP contribution in [0.3, 0.4) is 0 Å². The fraction of sp³-hybridized carbons (Fsp3) is 0.600. The molecule has 0 aromatic heterocycles. The Balaban J connectivity index is 0. The largest absolute Gasteiger partial charge is 0.463 e. The lowest BCUT2D eigenvalue weighted by molar-refractivity contribution is -0.141. The monoisotopic (exact) mass is 199 g/mol. The zero-order valence-electron chi connectivity index (χ0n) is 6.04. The average Bonchev–Trinajstić information content (AvgIpc) is 1.82. The highest BCUT2D eigenvalue weighted by molar-refractivity contribution is 8.10. The number of thiocarbonyl (C=S) groups is 1. The second-order valence-corrected chi connectivity index (χ2v) is 2.59. The van der Waals surface area contributed by atoms with Crippen LogP contribution in [-0.2, 0) is 9.53 Å². The first kappa shape index (κ1) is 13.2. The van der Waals surface area contributed by atoms with Crippen LogP contribution in [-0.4, -0.2) is 23.6 Å². The van der Waals surface area contributed by atoms with Gasteiger partial charge in [0.05, 0.1) is 0 Å². The van der Waals surface area contributed by atoms with Crippen LogP contribution in [0.25, 0.3) is 0 Å². The Hall–Kier alpha value is -0.360. The standard InChI is InChI=1S/C4H7FO2.CH3NS2/c1-4(6)7-3-2-5;2-1(3)4/h2-3H2,1H3;(H3,2,3,4). The third-order valence-corrected chi connectivity index (χ3v) is 0.382. The summed E-state index contributed by atoms with van der Waals surface area (Å²) < 4.78 is 15.4. The third-order valence-electron chi connectivity index (χ3n) is 0.382. The molecule has 6 heteroatoms. The number of ether oxygens (including phenoxy) is 1. The molecule has 0 saturated heterocycles. The molecule has 0 aliphatic carbocycles. The Morgan fingerprint density at radius 2 is 2.18 bits per heavy atom. The molecule has 3 nitrogen and oxygen atoms in total. The van der Waals surface area contributed by atoms with Crippen LogP contribution < -0.4 is 5.73 Å². The van der Waals surface area contributed by atoms with E-state index in [0.29, 0.717) is 0 Å². The minimum atomic E-state index is -0.598. The fourth-order valence-electron chi connectivity index (χ4n) is 0.182. The highest BCUT2D eigenvalue weighted by atomic mass is 32.1. The Kier molecular flexibility index (Phi) is 11.6. The van der Waals surface area contributed by atoms with Gasteiger partial charge >= 0.3 is 5.97 Å². The molecule has 66 valence electrons. The quantitative estimate of drug-likeness (QED) is 0.390. The van der Waals surface area contributed by atoms with Crippen molar-refractivity contribution in [1.82, 2.24) is 0 Å². The Bertz CT molecular complexity index is 128. The van der Waals surface area contributed by atoms with E-state index in [1.54, 1.807) is 0 Å². The number of rotatable bonds is 2. The van der Waals surface area contributed by atoms with Gasteiger partial charge in [-0.25, -0.2) is 4.39 Å². The van der Waals surface area contributed by atoms with Gasteiger partial charge in [-0.1, -0.05) is 12.2 Å². The molecule has 0 radical (unpaired) electrons. The number of nitrogens with two attached hydrogens (primary N) is 1. The van der Waals surface area contributed by atoms with E-state index in [1.165, 1.54) is 6.92 Å². The summed E-state index contributed by atoms with van der Waals surface area (Å²) in [4.78, 5) is 9.81. The number of esters is 1. The van der Waals surface area contributed by atoms with Gasteiger partial charge in [0.15, 0.2) is 0 Å². The van der Waals surface area contributed by atoms with Crippen LogP contribution in [0.15, 0.2) is 0 Å². The smallest absolute Gasteiger partial charge is 0.302 e. The summed E-state index contributed by atoms with van der Waals surface area (Å²) in [6.07, 6.45) is 0. The molecule has 0 aliphatic rings. The van der Waals surface area contributed by atoms with E-state index < -0.39 is 12.6 Å². The van der Waals surface area contributed by atoms with Gasteiger partial charge in [-0.2, -0.15) is 0 Å². The van der Waals surface area contributed by atoms with Gasteiger partial charge in [0, 0.05) is 6.92 Å². The summed E-state index contributed by atoms with van der Waals surface area (Å²) in [5, 5.41) is 0. The van der Waals surface area contributed by atoms with Crippen LogP contribution in [0.5, 0.6) is 0 Å². The second-order valence-electron chi connectivity index (χ2n) is 1.37. The first-order valence-electron chi connectivity index (χ1n) is 2.68. The molecule has 0 heterocycles. The van der Waals surface area contributed by atoms with Gasteiger partial charge in [-0.05, 0) is 0 Å². The minimum Gasteiger partial charge on any atom is -0.463 e. The van der Waals surface area contributed by atoms with Crippen LogP contribution in [0.1, 0.15) is 6.92 Å². The van der Waals surface area contributed by atoms with Gasteiger partial charge < -0.3 is 10.5 Å². The zero-order valence-corrected chi connectivity index (χ0v) is 7.75. The number of hydrogen-bond donors (Lipinski definition) is 2. The zero-order chi connectivity index (χ0) is 9.28. The lowest BCUT2D eigenvalue weighted by atomic mass is 10.7. The normalized spacial score (nSPS) is 7.55. The summed E-state index contributed by atoms with van der Waals surface area (Å²) in [5.41, 5.74) is 4.71. The summed E-state index contributed by atoms with van der Waals surface area (Å²) in [5.74, 6) is -0.433. The molecule has 0 aromatic rings. The van der Waals surface area contributed by atoms with E-state index >= 15 is 0 Å². The maximum Gasteiger partial charge on any atom is 0.302 e. The van der Waals surface area contributed by atoms with Crippen LogP contribution in [0.2, 0.25) is 0 Å². The minimum absolute atomic E-state index is 0.116. The molecule has 2 N–H and O–H groups in total. The molecule has 0 saturated carbocycles. The van der Waals surface area contributed by atoms with Crippen molar-refractivity contribution >= 4 is 35.1 Å². The van der Waals surface area contributed by atoms with Crippen molar-refractivity contribution in [3.05, 3.63) is 0 Å². The Labute approximate surface area is 75.5 Å². The maximum atomic E-state index is 11.1. The Morgan fingerprint density at radius 3 is 2.27 bits per heavy atom. The second kappa shape index (κ2) is 9.64. The van der Waals surface area contributed by atoms with E-state index in [4.69, 9.17) is 5.73 Å². The lowest BCUT2D eigenvalue weighted by Gasteiger charge is -1.92. The van der Waals surface area contributed by atoms with Crippen molar-refractivity contribution in [3.8, 4) is 0 Å². The van der Waals surface area contributed by atoms with Crippen LogP contribution in [0.4, 0.5) is 4.39 Å². The molecular formula is C5H10FNO2S2. The number of halogens is 1. The predicted octanol–water partition coefficient (Wildman–Crippen LogP) is 0.679. The molecular weight excluding hydrogens is 189 g/mol. The molecule has 0 aromatic carbocycles. The van der Waals surface area contributed by atoms with Gasteiger partial charge in [-0.15, -0.1) is 12.6 Å². The predicted molar refractivity (Wildman–Crippen MR) is 48.4 cm³/mol. The highest BCUT2D eigenvalue weighted by Gasteiger charge is 1.87. The van der Waals surface area contributed by atoms with E-state index in [-0.39, 0.29) is 10.9 Å². The molecule has 0 fully saturated rings. The van der Waals surface area contributed by atoms with Crippen LogP contribution >= 0.6 is 24.8 Å². The van der Waals surface area contributed by atoms with Crippen molar-refractivity contribution in [2.45, 2.75) is 6.92 Å². The number of carbonyl (C=O) groups is 1. The Morgan fingerprint density at radius 1 is 1.82 bits per heavy atom. The first-order valence-corrected chi connectivity index (χ1v) is 3.54. The third kappa shape index (κ3) is 42.5. The van der Waals surface area contributed by atoms with E-state index in [0.717, 1.165) is 0 Å². The van der Waals surface area contributed by atoms with Gasteiger partial charge in [0.2, 0.25) is 0 Å². The molecule has 11 heavy (non-hydrogen) atoms. The summed E-state index contributed by atoms with van der Waals surface area (Å²) >= 11 is 7.65. The van der Waals surface area contributed by atoms with Crippen molar-refractivity contribution in [2.75, 3.05) is 13.3 Å². The van der Waals surface area contributed by atoms with Crippen molar-refractivity contribution < 1.29 is 13.9 Å². The van der Waals surface area contributed by atoms with Crippen molar-refractivity contribution in [3.63, 3.8) is 0 Å². The molecule has 0 amide bonds. The van der Waals surface area contributed by atoms with Gasteiger partial charge in [0.25, 0.3) is 0 Å². The molecule has 0 unspecified atom stereocenters. The van der Waals surface area contributed by atoms with E-state index in [2.05, 4.69) is 29.6 Å². The van der Waals surface area contributed by atoms with Crippen LogP contribution in [0, 0.1) is 0 Å². The summed E-state index contributed by atoms with van der Waals surface area (Å²) in [7, 11) is 0. The first-order chi connectivity index (χ1) is 5.00. The summed E-state index contributed by atoms with van der Waals surface area (Å²) in [6, 6.07) is 0. The fourth-order valence-corrected chi connectivity index (χ4v) is 0.182.